The molecule has 0 bridgehead atoms. The first kappa shape index (κ1) is 19.5. The van der Waals surface area contributed by atoms with Gasteiger partial charge in [0.2, 0.25) is 0 Å². The second-order valence-corrected chi connectivity index (χ2v) is 8.11. The van der Waals surface area contributed by atoms with E-state index in [-0.39, 0.29) is 18.6 Å². The summed E-state index contributed by atoms with van der Waals surface area (Å²) in [5.41, 5.74) is 2.58. The molecule has 3 atom stereocenters. The van der Waals surface area contributed by atoms with Gasteiger partial charge in [-0.3, -0.25) is 4.18 Å². The van der Waals surface area contributed by atoms with Gasteiger partial charge in [0, 0.05) is 17.5 Å². The molecule has 1 aliphatic carbocycles. The van der Waals surface area contributed by atoms with Gasteiger partial charge in [0.15, 0.2) is 5.65 Å². The maximum Gasteiger partial charge on any atom is 0.333 e. The summed E-state index contributed by atoms with van der Waals surface area (Å²) in [4.78, 5) is 13.0. The van der Waals surface area contributed by atoms with Gasteiger partial charge in [0.05, 0.1) is 19.0 Å². The van der Waals surface area contributed by atoms with Gasteiger partial charge in [0.1, 0.15) is 17.5 Å². The third-order valence-electron chi connectivity index (χ3n) is 4.93. The molecule has 0 amide bonds. The molecule has 2 aromatic heterocycles. The number of nitrogens with zero attached hydrogens (tertiary/aromatic N) is 4. The fraction of sp³-hybridized carbons (Fsp3) is 0.316. The lowest BCUT2D eigenvalue weighted by atomic mass is 10.1. The molecule has 3 aromatic rings. The smallest absolute Gasteiger partial charge is 0.333 e. The summed E-state index contributed by atoms with van der Waals surface area (Å²) >= 11 is 0. The molecule has 9 nitrogen and oxygen atoms in total. The summed E-state index contributed by atoms with van der Waals surface area (Å²) in [5, 5.41) is 15.2. The zero-order chi connectivity index (χ0) is 20.4. The highest BCUT2D eigenvalue weighted by atomic mass is 32.2. The predicted molar refractivity (Wildman–Crippen MR) is 105 cm³/mol. The molecular weight excluding hydrogens is 394 g/mol. The average molecular weight is 413 g/mol. The molecule has 1 fully saturated rings. The molecule has 0 saturated heterocycles. The molecule has 4 rings (SSSR count). The van der Waals surface area contributed by atoms with Gasteiger partial charge >= 0.3 is 10.3 Å². The van der Waals surface area contributed by atoms with Gasteiger partial charge < -0.3 is 9.67 Å². The van der Waals surface area contributed by atoms with Crippen LogP contribution in [-0.4, -0.2) is 45.8 Å². The number of hydrogen-bond donors (Lipinski definition) is 2. The first-order chi connectivity index (χ1) is 13.9. The molecular formula is C19H19N5O4S. The number of aliphatic hydroxyl groups is 1. The summed E-state index contributed by atoms with van der Waals surface area (Å²) in [5.74, 6) is 5.75. The van der Waals surface area contributed by atoms with Crippen LogP contribution in [0.3, 0.4) is 0 Å². The lowest BCUT2D eigenvalue weighted by molar-refractivity contribution is 0.100. The second-order valence-electron chi connectivity index (χ2n) is 6.89. The highest BCUT2D eigenvalue weighted by molar-refractivity contribution is 7.84. The number of benzene rings is 1. The highest BCUT2D eigenvalue weighted by Crippen LogP contribution is 2.36. The normalized spacial score (nSPS) is 21.8. The van der Waals surface area contributed by atoms with Gasteiger partial charge in [-0.05, 0) is 30.9 Å². The summed E-state index contributed by atoms with van der Waals surface area (Å²) in [6.45, 7) is -0.161. The molecule has 29 heavy (non-hydrogen) atoms. The van der Waals surface area contributed by atoms with Crippen LogP contribution in [-0.2, 0) is 14.5 Å². The van der Waals surface area contributed by atoms with E-state index in [2.05, 4.69) is 31.0 Å². The fourth-order valence-corrected chi connectivity index (χ4v) is 3.89. The fourth-order valence-electron chi connectivity index (χ4n) is 3.53. The van der Waals surface area contributed by atoms with E-state index in [1.807, 2.05) is 34.9 Å². The summed E-state index contributed by atoms with van der Waals surface area (Å²) in [6, 6.07) is 9.47. The lowest BCUT2D eigenvalue weighted by Crippen LogP contribution is -2.24. The zero-order valence-electron chi connectivity index (χ0n) is 15.3. The summed E-state index contributed by atoms with van der Waals surface area (Å²) in [7, 11) is -4.04. The Hall–Kier alpha value is -2.84. The van der Waals surface area contributed by atoms with Gasteiger partial charge in [-0.25, -0.2) is 20.1 Å². The Balaban J connectivity index is 1.58. The second kappa shape index (κ2) is 7.88. The van der Waals surface area contributed by atoms with Crippen molar-refractivity contribution in [3.8, 4) is 11.8 Å². The molecule has 10 heteroatoms. The topological polar surface area (TPSA) is 133 Å². The number of nitrogens with two attached hydrogens (primary N) is 1. The van der Waals surface area contributed by atoms with E-state index in [4.69, 9.17) is 5.14 Å². The maximum absolute atomic E-state index is 11.0. The minimum atomic E-state index is -4.04. The van der Waals surface area contributed by atoms with E-state index in [0.717, 1.165) is 5.56 Å². The molecule has 0 unspecified atom stereocenters. The number of imidazole rings is 1. The van der Waals surface area contributed by atoms with Crippen LogP contribution in [0.15, 0.2) is 43.0 Å². The van der Waals surface area contributed by atoms with E-state index >= 15 is 0 Å². The SMILES string of the molecule is NS(=O)(=O)OC[C@H]1C[C@@H](n2cnc3c(C#Cc4ccccc4)ncnc32)C[C@@H]1O. The van der Waals surface area contributed by atoms with E-state index < -0.39 is 16.4 Å². The maximum atomic E-state index is 11.0. The Kier molecular flexibility index (Phi) is 5.29. The van der Waals surface area contributed by atoms with Crippen molar-refractivity contribution >= 4 is 21.5 Å². The van der Waals surface area contributed by atoms with Crippen LogP contribution in [0.4, 0.5) is 0 Å². The quantitative estimate of drug-likeness (QED) is 0.603. The van der Waals surface area contributed by atoms with Crippen molar-refractivity contribution in [3.63, 3.8) is 0 Å². The van der Waals surface area contributed by atoms with Crippen LogP contribution in [0.1, 0.15) is 30.1 Å². The predicted octanol–water partition coefficient (Wildman–Crippen LogP) is 0.758. The van der Waals surface area contributed by atoms with Crippen LogP contribution in [0, 0.1) is 17.8 Å². The van der Waals surface area contributed by atoms with Crippen molar-refractivity contribution in [2.24, 2.45) is 11.1 Å². The van der Waals surface area contributed by atoms with Gasteiger partial charge in [0.25, 0.3) is 0 Å². The highest BCUT2D eigenvalue weighted by Gasteiger charge is 2.35. The van der Waals surface area contributed by atoms with Crippen molar-refractivity contribution in [2.45, 2.75) is 25.0 Å². The van der Waals surface area contributed by atoms with Crippen LogP contribution >= 0.6 is 0 Å². The number of fused-ring (bicyclic) bond motifs is 1. The average Bonchev–Trinajstić information content (AvgIpc) is 3.28. The molecule has 1 saturated carbocycles. The standard InChI is InChI=1S/C19H19N5O4S/c20-29(26,27)28-10-14-8-15(9-17(14)25)24-12-23-18-16(21-11-22-19(18)24)7-6-13-4-2-1-3-5-13/h1-5,11-12,14-15,17,25H,8-10H2,(H2,20,26,27)/t14-,15-,17+/m1/s1. The molecule has 2 heterocycles. The van der Waals surface area contributed by atoms with Crippen molar-refractivity contribution in [3.05, 3.63) is 54.2 Å². The molecule has 1 aromatic carbocycles. The zero-order valence-corrected chi connectivity index (χ0v) is 16.2. The van der Waals surface area contributed by atoms with Crippen LogP contribution in [0.2, 0.25) is 0 Å². The molecule has 0 radical (unpaired) electrons. The van der Waals surface area contributed by atoms with E-state index in [0.29, 0.717) is 29.7 Å². The van der Waals surface area contributed by atoms with Gasteiger partial charge in [-0.2, -0.15) is 8.42 Å². The molecule has 0 aliphatic heterocycles. The van der Waals surface area contributed by atoms with E-state index in [1.165, 1.54) is 6.33 Å². The van der Waals surface area contributed by atoms with E-state index in [1.54, 1.807) is 6.33 Å². The number of aliphatic hydroxyl groups excluding tert-OH is 1. The Labute approximate surface area is 167 Å². The minimum Gasteiger partial charge on any atom is -0.393 e. The van der Waals surface area contributed by atoms with Crippen molar-refractivity contribution in [2.75, 3.05) is 6.61 Å². The number of rotatable bonds is 4. The van der Waals surface area contributed by atoms with Crippen LogP contribution in [0.5, 0.6) is 0 Å². The monoisotopic (exact) mass is 413 g/mol. The number of hydrogen-bond acceptors (Lipinski definition) is 7. The first-order valence-corrected chi connectivity index (χ1v) is 10.5. The Morgan fingerprint density at radius 1 is 1.17 bits per heavy atom. The lowest BCUT2D eigenvalue weighted by Gasteiger charge is -2.13. The third kappa shape index (κ3) is 4.44. The molecule has 0 spiro atoms. The minimum absolute atomic E-state index is 0.103. The molecule has 1 aliphatic rings. The van der Waals surface area contributed by atoms with Crippen molar-refractivity contribution in [1.82, 2.24) is 19.5 Å². The molecule has 150 valence electrons. The van der Waals surface area contributed by atoms with Crippen molar-refractivity contribution < 1.29 is 17.7 Å². The van der Waals surface area contributed by atoms with Gasteiger partial charge in [-0.1, -0.05) is 24.1 Å². The van der Waals surface area contributed by atoms with Gasteiger partial charge in [-0.15, -0.1) is 0 Å². The number of aromatic nitrogens is 4. The summed E-state index contributed by atoms with van der Waals surface area (Å²) in [6.07, 6.45) is 3.31. The Bertz CT molecular complexity index is 1180. The molecule has 3 N–H and O–H groups in total. The Morgan fingerprint density at radius 2 is 1.97 bits per heavy atom. The summed E-state index contributed by atoms with van der Waals surface area (Å²) < 4.78 is 28.5. The van der Waals surface area contributed by atoms with E-state index in [9.17, 15) is 13.5 Å². The van der Waals surface area contributed by atoms with Crippen LogP contribution < -0.4 is 5.14 Å². The first-order valence-electron chi connectivity index (χ1n) is 9.00. The van der Waals surface area contributed by atoms with Crippen molar-refractivity contribution in [1.29, 1.82) is 0 Å². The third-order valence-corrected chi connectivity index (χ3v) is 5.39. The largest absolute Gasteiger partial charge is 0.393 e. The Morgan fingerprint density at radius 3 is 2.72 bits per heavy atom. The van der Waals surface area contributed by atoms with Crippen LogP contribution in [0.25, 0.3) is 11.2 Å².